The molecular weight excluding hydrogens is 532 g/mol. The number of hydrogen-bond acceptors (Lipinski definition) is 0. The van der Waals surface area contributed by atoms with Gasteiger partial charge in [-0.25, -0.2) is 0 Å². The summed E-state index contributed by atoms with van der Waals surface area (Å²) in [5.41, 5.74) is 12.0. The van der Waals surface area contributed by atoms with E-state index < -0.39 is 0 Å². The first-order valence-corrected chi connectivity index (χ1v) is 15.1. The number of para-hydroxylation sites is 2. The summed E-state index contributed by atoms with van der Waals surface area (Å²) in [7, 11) is 0. The molecule has 2 nitrogen and oxygen atoms in total. The SMILES string of the molecule is c1ccc(-c2cccc(-n3c4cccc(-c5ccccc5)c4c4c3ccc3c5ccccc5n(-c5ccccc5)c34)c2)cc1. The second-order valence-electron chi connectivity index (χ2n) is 11.4. The Morgan fingerprint density at radius 1 is 0.318 bits per heavy atom. The van der Waals surface area contributed by atoms with Crippen LogP contribution >= 0.6 is 0 Å². The number of aromatic nitrogens is 2. The van der Waals surface area contributed by atoms with Crippen LogP contribution in [-0.2, 0) is 0 Å². The van der Waals surface area contributed by atoms with Crippen molar-refractivity contribution in [2.75, 3.05) is 0 Å². The van der Waals surface area contributed by atoms with Crippen molar-refractivity contribution in [1.82, 2.24) is 9.13 Å². The topological polar surface area (TPSA) is 9.86 Å². The molecular formula is C42H28N2. The summed E-state index contributed by atoms with van der Waals surface area (Å²) in [6, 6.07) is 61.3. The van der Waals surface area contributed by atoms with Crippen LogP contribution in [0.25, 0.3) is 77.2 Å². The van der Waals surface area contributed by atoms with Crippen molar-refractivity contribution >= 4 is 43.6 Å². The molecule has 0 saturated carbocycles. The van der Waals surface area contributed by atoms with Crippen LogP contribution < -0.4 is 0 Å². The van der Waals surface area contributed by atoms with Crippen LogP contribution in [0.4, 0.5) is 0 Å². The number of nitrogens with zero attached hydrogens (tertiary/aromatic N) is 2. The van der Waals surface area contributed by atoms with Gasteiger partial charge < -0.3 is 9.13 Å². The molecule has 0 aliphatic rings. The fourth-order valence-corrected chi connectivity index (χ4v) is 7.04. The predicted molar refractivity (Wildman–Crippen MR) is 186 cm³/mol. The lowest BCUT2D eigenvalue weighted by atomic mass is 9.98. The summed E-state index contributed by atoms with van der Waals surface area (Å²) in [6.45, 7) is 0. The van der Waals surface area contributed by atoms with Crippen molar-refractivity contribution in [2.24, 2.45) is 0 Å². The monoisotopic (exact) mass is 560 g/mol. The first kappa shape index (κ1) is 24.7. The third kappa shape index (κ3) is 3.68. The maximum absolute atomic E-state index is 2.46. The van der Waals surface area contributed by atoms with Gasteiger partial charge in [0.15, 0.2) is 0 Å². The highest BCUT2D eigenvalue weighted by molar-refractivity contribution is 6.28. The average molecular weight is 561 g/mol. The molecule has 0 saturated heterocycles. The van der Waals surface area contributed by atoms with Gasteiger partial charge in [0.05, 0.1) is 22.1 Å². The Kier molecular flexibility index (Phi) is 5.54. The van der Waals surface area contributed by atoms with Crippen LogP contribution in [0.1, 0.15) is 0 Å². The first-order chi connectivity index (χ1) is 21.9. The van der Waals surface area contributed by atoms with Crippen LogP contribution in [0.3, 0.4) is 0 Å². The minimum absolute atomic E-state index is 1.15. The van der Waals surface area contributed by atoms with E-state index in [0.717, 1.165) is 11.4 Å². The Hall–Kier alpha value is -5.86. The Balaban J connectivity index is 1.49. The van der Waals surface area contributed by atoms with E-state index in [2.05, 4.69) is 179 Å². The Labute approximate surface area is 255 Å². The lowest BCUT2D eigenvalue weighted by Gasteiger charge is -2.11. The maximum atomic E-state index is 2.46. The molecule has 0 atom stereocenters. The normalized spacial score (nSPS) is 11.6. The molecule has 7 aromatic carbocycles. The van der Waals surface area contributed by atoms with Crippen molar-refractivity contribution < 1.29 is 0 Å². The van der Waals surface area contributed by atoms with E-state index in [1.165, 1.54) is 65.9 Å². The van der Waals surface area contributed by atoms with E-state index in [0.29, 0.717) is 0 Å². The second kappa shape index (κ2) is 9.86. The molecule has 0 bridgehead atoms. The van der Waals surface area contributed by atoms with Crippen LogP contribution in [0.15, 0.2) is 170 Å². The Morgan fingerprint density at radius 3 is 1.70 bits per heavy atom. The highest BCUT2D eigenvalue weighted by Crippen LogP contribution is 2.45. The molecule has 9 aromatic rings. The quantitative estimate of drug-likeness (QED) is 0.203. The van der Waals surface area contributed by atoms with Crippen molar-refractivity contribution in [2.45, 2.75) is 0 Å². The van der Waals surface area contributed by atoms with Crippen molar-refractivity contribution in [1.29, 1.82) is 0 Å². The van der Waals surface area contributed by atoms with E-state index in [9.17, 15) is 0 Å². The van der Waals surface area contributed by atoms with Gasteiger partial charge >= 0.3 is 0 Å². The third-order valence-corrected chi connectivity index (χ3v) is 8.90. The largest absolute Gasteiger partial charge is 0.309 e. The lowest BCUT2D eigenvalue weighted by molar-refractivity contribution is 1.17. The van der Waals surface area contributed by atoms with Gasteiger partial charge in [0.25, 0.3) is 0 Å². The van der Waals surface area contributed by atoms with Gasteiger partial charge in [-0.2, -0.15) is 0 Å². The number of benzene rings is 7. The van der Waals surface area contributed by atoms with E-state index in [4.69, 9.17) is 0 Å². The van der Waals surface area contributed by atoms with E-state index in [1.54, 1.807) is 0 Å². The summed E-state index contributed by atoms with van der Waals surface area (Å²) >= 11 is 0. The molecule has 0 unspecified atom stereocenters. The van der Waals surface area contributed by atoms with Gasteiger partial charge in [-0.1, -0.05) is 127 Å². The smallest absolute Gasteiger partial charge is 0.0641 e. The van der Waals surface area contributed by atoms with Crippen LogP contribution in [0.2, 0.25) is 0 Å². The summed E-state index contributed by atoms with van der Waals surface area (Å²) < 4.78 is 4.91. The van der Waals surface area contributed by atoms with E-state index in [1.807, 2.05) is 0 Å². The third-order valence-electron chi connectivity index (χ3n) is 8.90. The minimum Gasteiger partial charge on any atom is -0.309 e. The van der Waals surface area contributed by atoms with Gasteiger partial charge in [0.2, 0.25) is 0 Å². The molecule has 0 N–H and O–H groups in total. The molecule has 206 valence electrons. The summed E-state index contributed by atoms with van der Waals surface area (Å²) in [5, 5.41) is 5.06. The summed E-state index contributed by atoms with van der Waals surface area (Å²) in [5.74, 6) is 0. The molecule has 2 aromatic heterocycles. The fraction of sp³-hybridized carbons (Fsp3) is 0. The fourth-order valence-electron chi connectivity index (χ4n) is 7.04. The molecule has 0 fully saturated rings. The van der Waals surface area contributed by atoms with Gasteiger partial charge in [-0.3, -0.25) is 0 Å². The molecule has 9 rings (SSSR count). The van der Waals surface area contributed by atoms with Crippen molar-refractivity contribution in [3.63, 3.8) is 0 Å². The summed E-state index contributed by atoms with van der Waals surface area (Å²) in [4.78, 5) is 0. The first-order valence-electron chi connectivity index (χ1n) is 15.1. The standard InChI is InChI=1S/C42H28N2/c1-4-14-29(15-5-1)31-18-12-21-33(28-31)43-38-25-13-23-34(30-16-6-2-7-17-30)40(38)41-39(43)27-26-36-35-22-10-11-24-37(35)44(42(36)41)32-19-8-3-9-20-32/h1-28H. The molecule has 2 heteroatoms. The van der Waals surface area contributed by atoms with E-state index in [-0.39, 0.29) is 0 Å². The highest BCUT2D eigenvalue weighted by atomic mass is 15.0. The maximum Gasteiger partial charge on any atom is 0.0641 e. The van der Waals surface area contributed by atoms with Crippen LogP contribution in [0.5, 0.6) is 0 Å². The molecule has 0 aliphatic carbocycles. The highest BCUT2D eigenvalue weighted by Gasteiger charge is 2.22. The zero-order chi connectivity index (χ0) is 29.0. The summed E-state index contributed by atoms with van der Waals surface area (Å²) in [6.07, 6.45) is 0. The molecule has 0 amide bonds. The Bertz CT molecular complexity index is 2470. The number of fused-ring (bicyclic) bond motifs is 7. The molecule has 44 heavy (non-hydrogen) atoms. The zero-order valence-corrected chi connectivity index (χ0v) is 24.1. The van der Waals surface area contributed by atoms with Gasteiger partial charge in [-0.15, -0.1) is 0 Å². The molecule has 0 spiro atoms. The number of rotatable bonds is 4. The molecule has 2 heterocycles. The van der Waals surface area contributed by atoms with Gasteiger partial charge in [0.1, 0.15) is 0 Å². The van der Waals surface area contributed by atoms with E-state index >= 15 is 0 Å². The van der Waals surface area contributed by atoms with Crippen molar-refractivity contribution in [3.05, 3.63) is 170 Å². The molecule has 0 aliphatic heterocycles. The van der Waals surface area contributed by atoms with Gasteiger partial charge in [-0.05, 0) is 64.7 Å². The number of hydrogen-bond donors (Lipinski definition) is 0. The lowest BCUT2D eigenvalue weighted by Crippen LogP contribution is -1.95. The zero-order valence-electron chi connectivity index (χ0n) is 24.1. The minimum atomic E-state index is 1.15. The van der Waals surface area contributed by atoms with Crippen LogP contribution in [0, 0.1) is 0 Å². The van der Waals surface area contributed by atoms with Crippen molar-refractivity contribution in [3.8, 4) is 33.6 Å². The average Bonchev–Trinajstić information content (AvgIpc) is 3.62. The Morgan fingerprint density at radius 2 is 0.909 bits per heavy atom. The molecule has 0 radical (unpaired) electrons. The van der Waals surface area contributed by atoms with Crippen LogP contribution in [-0.4, -0.2) is 9.13 Å². The predicted octanol–water partition coefficient (Wildman–Crippen LogP) is 11.2. The van der Waals surface area contributed by atoms with Gasteiger partial charge in [0, 0.05) is 32.9 Å². The second-order valence-corrected chi connectivity index (χ2v) is 11.4.